The molecule has 0 spiro atoms. The number of pyridine rings is 1. The van der Waals surface area contributed by atoms with E-state index in [1.54, 1.807) is 49.3 Å². The molecule has 0 aliphatic heterocycles. The summed E-state index contributed by atoms with van der Waals surface area (Å²) in [6.45, 7) is 4.40. The molecule has 0 saturated heterocycles. The van der Waals surface area contributed by atoms with Crippen molar-refractivity contribution in [1.29, 1.82) is 0 Å². The van der Waals surface area contributed by atoms with Crippen LogP contribution < -0.4 is 10.1 Å². The maximum absolute atomic E-state index is 13.0. The van der Waals surface area contributed by atoms with E-state index in [1.807, 2.05) is 6.07 Å². The Kier molecular flexibility index (Phi) is 7.03. The third-order valence-electron chi connectivity index (χ3n) is 4.75. The van der Waals surface area contributed by atoms with Gasteiger partial charge in [-0.15, -0.1) is 0 Å². The van der Waals surface area contributed by atoms with Crippen LogP contribution in [0.3, 0.4) is 0 Å². The first-order valence-corrected chi connectivity index (χ1v) is 11.3. The van der Waals surface area contributed by atoms with Crippen molar-refractivity contribution in [1.82, 2.24) is 24.4 Å². The fourth-order valence-electron chi connectivity index (χ4n) is 3.07. The number of hydrogen-bond donors (Lipinski definition) is 1. The molecule has 0 atom stereocenters. The van der Waals surface area contributed by atoms with Crippen LogP contribution in [0.4, 0.5) is 0 Å². The maximum atomic E-state index is 13.0. The second-order valence-corrected chi connectivity index (χ2v) is 8.52. The minimum atomic E-state index is -3.78. The van der Waals surface area contributed by atoms with Crippen LogP contribution in [-0.4, -0.2) is 53.6 Å². The minimum Gasteiger partial charge on any atom is -0.495 e. The van der Waals surface area contributed by atoms with Crippen molar-refractivity contribution < 1.29 is 17.9 Å². The molecule has 9 nitrogen and oxygen atoms in total. The second kappa shape index (κ2) is 9.71. The number of hydrogen-bond acceptors (Lipinski definition) is 6. The van der Waals surface area contributed by atoms with Crippen LogP contribution in [0, 0.1) is 0 Å². The first-order valence-electron chi connectivity index (χ1n) is 9.82. The molecule has 0 aliphatic carbocycles. The van der Waals surface area contributed by atoms with Gasteiger partial charge in [0.25, 0.3) is 5.91 Å². The molecule has 2 heterocycles. The van der Waals surface area contributed by atoms with Crippen LogP contribution >= 0.6 is 0 Å². The number of carbonyl (C=O) groups is 1. The zero-order valence-electron chi connectivity index (χ0n) is 17.6. The molecule has 0 aliphatic rings. The molecule has 3 aromatic rings. The van der Waals surface area contributed by atoms with Crippen molar-refractivity contribution in [3.63, 3.8) is 0 Å². The van der Waals surface area contributed by atoms with Gasteiger partial charge in [0.05, 0.1) is 7.11 Å². The molecule has 1 aromatic carbocycles. The Labute approximate surface area is 181 Å². The lowest BCUT2D eigenvalue weighted by atomic mass is 10.2. The summed E-state index contributed by atoms with van der Waals surface area (Å²) in [6.07, 6.45) is 5.11. The van der Waals surface area contributed by atoms with Crippen LogP contribution in [0.25, 0.3) is 5.82 Å². The number of ether oxygens (including phenoxy) is 1. The van der Waals surface area contributed by atoms with E-state index in [4.69, 9.17) is 4.74 Å². The van der Waals surface area contributed by atoms with E-state index >= 15 is 0 Å². The normalized spacial score (nSPS) is 11.5. The largest absolute Gasteiger partial charge is 0.495 e. The Morgan fingerprint density at radius 1 is 1.19 bits per heavy atom. The molecule has 0 fully saturated rings. The fraction of sp³-hybridized carbons (Fsp3) is 0.286. The van der Waals surface area contributed by atoms with Gasteiger partial charge in [-0.1, -0.05) is 19.9 Å². The molecule has 164 valence electrons. The lowest BCUT2D eigenvalue weighted by Crippen LogP contribution is -2.31. The molecule has 3 rings (SSSR count). The Bertz CT molecular complexity index is 1130. The molecule has 1 amide bonds. The van der Waals surface area contributed by atoms with Gasteiger partial charge in [-0.2, -0.15) is 9.40 Å². The van der Waals surface area contributed by atoms with Crippen molar-refractivity contribution in [3.05, 3.63) is 66.1 Å². The van der Waals surface area contributed by atoms with Gasteiger partial charge in [0.2, 0.25) is 10.0 Å². The van der Waals surface area contributed by atoms with Gasteiger partial charge in [-0.25, -0.2) is 18.1 Å². The number of benzene rings is 1. The second-order valence-electron chi connectivity index (χ2n) is 6.61. The van der Waals surface area contributed by atoms with Gasteiger partial charge in [-0.05, 0) is 35.9 Å². The molecule has 0 bridgehead atoms. The summed E-state index contributed by atoms with van der Waals surface area (Å²) in [5.74, 6) is 0.471. The SMILES string of the molecule is CCN(CC)S(=O)(=O)c1cc(C(=O)NCc2ccc(-n3cccn3)nc2)ccc1OC. The van der Waals surface area contributed by atoms with Gasteiger partial charge in [0.15, 0.2) is 5.82 Å². The Balaban J connectivity index is 1.76. The molecular weight excluding hydrogens is 418 g/mol. The average Bonchev–Trinajstić information content (AvgIpc) is 3.33. The third-order valence-corrected chi connectivity index (χ3v) is 6.82. The first-order chi connectivity index (χ1) is 14.9. The predicted molar refractivity (Wildman–Crippen MR) is 116 cm³/mol. The number of carbonyl (C=O) groups excluding carboxylic acids is 1. The molecular formula is C21H25N5O4S. The highest BCUT2D eigenvalue weighted by atomic mass is 32.2. The minimum absolute atomic E-state index is 0.0309. The highest BCUT2D eigenvalue weighted by molar-refractivity contribution is 7.89. The van der Waals surface area contributed by atoms with Crippen LogP contribution in [0.5, 0.6) is 5.75 Å². The lowest BCUT2D eigenvalue weighted by Gasteiger charge is -2.20. The zero-order valence-corrected chi connectivity index (χ0v) is 18.5. The number of nitrogens with zero attached hydrogens (tertiary/aromatic N) is 4. The van der Waals surface area contributed by atoms with E-state index in [1.165, 1.54) is 29.6 Å². The molecule has 31 heavy (non-hydrogen) atoms. The van der Waals surface area contributed by atoms with Crippen molar-refractivity contribution >= 4 is 15.9 Å². The predicted octanol–water partition coefficient (Wildman–Crippen LogP) is 2.24. The topological polar surface area (TPSA) is 106 Å². The Morgan fingerprint density at radius 2 is 1.97 bits per heavy atom. The van der Waals surface area contributed by atoms with Gasteiger partial charge in [0, 0.05) is 43.8 Å². The standard InChI is InChI=1S/C21H25N5O4S/c1-4-25(5-2)31(28,29)19-13-17(8-9-18(19)30-3)21(27)23-15-16-7-10-20(22-14-16)26-12-6-11-24-26/h6-14H,4-5,15H2,1-3H3,(H,23,27). The maximum Gasteiger partial charge on any atom is 0.251 e. The van der Waals surface area contributed by atoms with E-state index in [9.17, 15) is 13.2 Å². The van der Waals surface area contributed by atoms with E-state index in [0.717, 1.165) is 5.56 Å². The first kappa shape index (κ1) is 22.4. The smallest absolute Gasteiger partial charge is 0.251 e. The average molecular weight is 444 g/mol. The number of rotatable bonds is 9. The summed E-state index contributed by atoms with van der Waals surface area (Å²) < 4.78 is 34.1. The van der Waals surface area contributed by atoms with Crippen molar-refractivity contribution in [3.8, 4) is 11.6 Å². The van der Waals surface area contributed by atoms with Gasteiger partial charge >= 0.3 is 0 Å². The molecule has 1 N–H and O–H groups in total. The highest BCUT2D eigenvalue weighted by Gasteiger charge is 2.26. The van der Waals surface area contributed by atoms with Gasteiger partial charge in [-0.3, -0.25) is 4.79 Å². The summed E-state index contributed by atoms with van der Waals surface area (Å²) in [5, 5.41) is 6.91. The Hall–Kier alpha value is -3.24. The molecule has 10 heteroatoms. The van der Waals surface area contributed by atoms with Crippen molar-refractivity contribution in [2.45, 2.75) is 25.3 Å². The number of amides is 1. The van der Waals surface area contributed by atoms with E-state index < -0.39 is 15.9 Å². The van der Waals surface area contributed by atoms with Crippen LogP contribution in [0.1, 0.15) is 29.8 Å². The van der Waals surface area contributed by atoms with E-state index in [0.29, 0.717) is 18.9 Å². The highest BCUT2D eigenvalue weighted by Crippen LogP contribution is 2.28. The lowest BCUT2D eigenvalue weighted by molar-refractivity contribution is 0.0950. The molecule has 2 aromatic heterocycles. The summed E-state index contributed by atoms with van der Waals surface area (Å²) in [6, 6.07) is 9.83. The number of nitrogens with one attached hydrogen (secondary N) is 1. The van der Waals surface area contributed by atoms with E-state index in [2.05, 4.69) is 15.4 Å². The molecule has 0 unspecified atom stereocenters. The van der Waals surface area contributed by atoms with Crippen LogP contribution in [-0.2, 0) is 16.6 Å². The zero-order chi connectivity index (χ0) is 22.4. The van der Waals surface area contributed by atoms with Crippen LogP contribution in [0.2, 0.25) is 0 Å². The summed E-state index contributed by atoms with van der Waals surface area (Å²) in [7, 11) is -2.38. The van der Waals surface area contributed by atoms with Crippen LogP contribution in [0.15, 0.2) is 59.9 Å². The van der Waals surface area contributed by atoms with Crippen molar-refractivity contribution in [2.24, 2.45) is 0 Å². The summed E-state index contributed by atoms with van der Waals surface area (Å²) >= 11 is 0. The number of aromatic nitrogens is 3. The molecule has 0 radical (unpaired) electrons. The monoisotopic (exact) mass is 443 g/mol. The molecule has 0 saturated carbocycles. The fourth-order valence-corrected chi connectivity index (χ4v) is 4.71. The quantitative estimate of drug-likeness (QED) is 0.544. The summed E-state index contributed by atoms with van der Waals surface area (Å²) in [4.78, 5) is 17.0. The number of methoxy groups -OCH3 is 1. The van der Waals surface area contributed by atoms with Gasteiger partial charge in [0.1, 0.15) is 10.6 Å². The Morgan fingerprint density at radius 3 is 2.55 bits per heavy atom. The third kappa shape index (κ3) is 4.92. The van der Waals surface area contributed by atoms with Gasteiger partial charge < -0.3 is 10.1 Å². The number of sulfonamides is 1. The van der Waals surface area contributed by atoms with E-state index in [-0.39, 0.29) is 22.8 Å². The summed E-state index contributed by atoms with van der Waals surface area (Å²) in [5.41, 5.74) is 1.03. The van der Waals surface area contributed by atoms with Crippen molar-refractivity contribution in [2.75, 3.05) is 20.2 Å².